The fourth-order valence-corrected chi connectivity index (χ4v) is 4.71. The lowest BCUT2D eigenvalue weighted by molar-refractivity contribution is -0.119. The molecule has 1 aliphatic rings. The first-order chi connectivity index (χ1) is 16.3. The number of rotatable bonds is 10. The smallest absolute Gasteiger partial charge is 0.338 e. The molecule has 0 bridgehead atoms. The molecule has 2 aromatic rings. The van der Waals surface area contributed by atoms with Gasteiger partial charge in [-0.2, -0.15) is 4.31 Å². The van der Waals surface area contributed by atoms with Crippen molar-refractivity contribution in [3.8, 4) is 11.5 Å². The van der Waals surface area contributed by atoms with Gasteiger partial charge in [-0.1, -0.05) is 6.07 Å². The highest BCUT2D eigenvalue weighted by Gasteiger charge is 2.26. The SMILES string of the molecule is CCOc1ccc(C(=O)OCC(=O)Nc2cccc(S(=O)(=O)N3CCOCC3)c2)cc1OCC. The Morgan fingerprint density at radius 1 is 1.00 bits per heavy atom. The quantitative estimate of drug-likeness (QED) is 0.502. The first-order valence-corrected chi connectivity index (χ1v) is 12.3. The Labute approximate surface area is 198 Å². The van der Waals surface area contributed by atoms with Gasteiger partial charge in [-0.15, -0.1) is 0 Å². The molecule has 0 spiro atoms. The van der Waals surface area contributed by atoms with Gasteiger partial charge in [-0.25, -0.2) is 13.2 Å². The van der Waals surface area contributed by atoms with Crippen LogP contribution in [-0.4, -0.2) is 70.7 Å². The minimum atomic E-state index is -3.70. The van der Waals surface area contributed by atoms with E-state index in [9.17, 15) is 18.0 Å². The second kappa shape index (κ2) is 11.8. The van der Waals surface area contributed by atoms with Crippen LogP contribution in [0.2, 0.25) is 0 Å². The molecule has 0 aromatic heterocycles. The molecule has 11 heteroatoms. The van der Waals surface area contributed by atoms with Crippen LogP contribution in [0.4, 0.5) is 5.69 Å². The van der Waals surface area contributed by atoms with Crippen LogP contribution < -0.4 is 14.8 Å². The van der Waals surface area contributed by atoms with Gasteiger partial charge in [-0.3, -0.25) is 4.79 Å². The average molecular weight is 493 g/mol. The maximum atomic E-state index is 12.8. The molecule has 10 nitrogen and oxygen atoms in total. The average Bonchev–Trinajstić information content (AvgIpc) is 2.84. The summed E-state index contributed by atoms with van der Waals surface area (Å²) in [6.45, 7) is 5.15. The molecule has 1 saturated heterocycles. The number of benzene rings is 2. The largest absolute Gasteiger partial charge is 0.490 e. The van der Waals surface area contributed by atoms with Crippen LogP contribution in [0.1, 0.15) is 24.2 Å². The number of amides is 1. The summed E-state index contributed by atoms with van der Waals surface area (Å²) in [7, 11) is -3.70. The molecule has 3 rings (SSSR count). The zero-order chi connectivity index (χ0) is 24.6. The molecule has 184 valence electrons. The number of carbonyl (C=O) groups is 2. The third-order valence-corrected chi connectivity index (χ3v) is 6.73. The van der Waals surface area contributed by atoms with Gasteiger partial charge in [0.2, 0.25) is 10.0 Å². The number of nitrogens with one attached hydrogen (secondary N) is 1. The van der Waals surface area contributed by atoms with Crippen molar-refractivity contribution < 1.29 is 37.0 Å². The molecule has 0 atom stereocenters. The highest BCUT2D eigenvalue weighted by atomic mass is 32.2. The van der Waals surface area contributed by atoms with E-state index in [-0.39, 0.29) is 29.2 Å². The lowest BCUT2D eigenvalue weighted by atomic mass is 10.2. The molecule has 0 radical (unpaired) electrons. The van der Waals surface area contributed by atoms with Gasteiger partial charge in [0.15, 0.2) is 18.1 Å². The zero-order valence-electron chi connectivity index (χ0n) is 19.1. The summed E-state index contributed by atoms with van der Waals surface area (Å²) >= 11 is 0. The Balaban J connectivity index is 1.60. The summed E-state index contributed by atoms with van der Waals surface area (Å²) in [6.07, 6.45) is 0. The number of carbonyl (C=O) groups excluding carboxylic acids is 2. The Kier molecular flexibility index (Phi) is 8.85. The van der Waals surface area contributed by atoms with E-state index in [1.807, 2.05) is 13.8 Å². The molecule has 1 amide bonds. The van der Waals surface area contributed by atoms with E-state index in [0.29, 0.717) is 37.9 Å². The number of esters is 1. The second-order valence-corrected chi connectivity index (χ2v) is 9.13. The number of hydrogen-bond acceptors (Lipinski definition) is 8. The van der Waals surface area contributed by atoms with Crippen molar-refractivity contribution in [2.45, 2.75) is 18.7 Å². The standard InChI is InChI=1S/C23H28N2O8S/c1-3-31-20-9-8-17(14-21(20)32-4-2)23(27)33-16-22(26)24-18-6-5-7-19(15-18)34(28,29)25-10-12-30-13-11-25/h5-9,14-15H,3-4,10-13,16H2,1-2H3,(H,24,26). The van der Waals surface area contributed by atoms with Gasteiger partial charge in [0.25, 0.3) is 5.91 Å². The minimum Gasteiger partial charge on any atom is -0.490 e. The molecule has 0 saturated carbocycles. The van der Waals surface area contributed by atoms with Crippen molar-refractivity contribution in [2.24, 2.45) is 0 Å². The van der Waals surface area contributed by atoms with Gasteiger partial charge in [0.05, 0.1) is 36.9 Å². The molecule has 0 unspecified atom stereocenters. The predicted octanol–water partition coefficient (Wildman–Crippen LogP) is 2.30. The van der Waals surface area contributed by atoms with E-state index in [0.717, 1.165) is 0 Å². The van der Waals surface area contributed by atoms with Crippen LogP contribution in [0.5, 0.6) is 11.5 Å². The highest BCUT2D eigenvalue weighted by Crippen LogP contribution is 2.29. The summed E-state index contributed by atoms with van der Waals surface area (Å²) in [5.74, 6) is -0.403. The van der Waals surface area contributed by atoms with Gasteiger partial charge in [-0.05, 0) is 50.2 Å². The minimum absolute atomic E-state index is 0.0574. The topological polar surface area (TPSA) is 120 Å². The molecule has 1 fully saturated rings. The van der Waals surface area contributed by atoms with Crippen LogP contribution in [0.3, 0.4) is 0 Å². The van der Waals surface area contributed by atoms with E-state index in [1.54, 1.807) is 12.1 Å². The maximum Gasteiger partial charge on any atom is 0.338 e. The van der Waals surface area contributed by atoms with Crippen molar-refractivity contribution in [3.63, 3.8) is 0 Å². The third-order valence-electron chi connectivity index (χ3n) is 4.84. The number of anilines is 1. The van der Waals surface area contributed by atoms with Crippen molar-refractivity contribution in [2.75, 3.05) is 51.4 Å². The molecule has 0 aliphatic carbocycles. The van der Waals surface area contributed by atoms with Crippen molar-refractivity contribution in [1.82, 2.24) is 4.31 Å². The molecular formula is C23H28N2O8S. The van der Waals surface area contributed by atoms with E-state index in [1.165, 1.54) is 34.6 Å². The van der Waals surface area contributed by atoms with Crippen LogP contribution in [-0.2, 0) is 24.3 Å². The van der Waals surface area contributed by atoms with Gasteiger partial charge < -0.3 is 24.3 Å². The number of ether oxygens (including phenoxy) is 4. The van der Waals surface area contributed by atoms with Crippen molar-refractivity contribution in [1.29, 1.82) is 0 Å². The summed E-state index contributed by atoms with van der Waals surface area (Å²) in [5, 5.41) is 2.55. The lowest BCUT2D eigenvalue weighted by Crippen LogP contribution is -2.40. The normalized spacial score (nSPS) is 14.3. The van der Waals surface area contributed by atoms with Crippen LogP contribution in [0.15, 0.2) is 47.4 Å². The molecule has 1 heterocycles. The van der Waals surface area contributed by atoms with Gasteiger partial charge in [0.1, 0.15) is 0 Å². The molecule has 34 heavy (non-hydrogen) atoms. The van der Waals surface area contributed by atoms with E-state index in [2.05, 4.69) is 5.32 Å². The summed E-state index contributed by atoms with van der Waals surface area (Å²) in [6, 6.07) is 10.5. The van der Waals surface area contributed by atoms with Crippen molar-refractivity contribution in [3.05, 3.63) is 48.0 Å². The highest BCUT2D eigenvalue weighted by molar-refractivity contribution is 7.89. The fourth-order valence-electron chi connectivity index (χ4n) is 3.26. The first kappa shape index (κ1) is 25.5. The van der Waals surface area contributed by atoms with E-state index >= 15 is 0 Å². The molecular weight excluding hydrogens is 464 g/mol. The maximum absolute atomic E-state index is 12.8. The van der Waals surface area contributed by atoms with E-state index < -0.39 is 28.5 Å². The summed E-state index contributed by atoms with van der Waals surface area (Å²) < 4.78 is 48.2. The lowest BCUT2D eigenvalue weighted by Gasteiger charge is -2.26. The summed E-state index contributed by atoms with van der Waals surface area (Å²) in [5.41, 5.74) is 0.480. The van der Waals surface area contributed by atoms with Crippen LogP contribution >= 0.6 is 0 Å². The number of morpholine rings is 1. The Hall–Kier alpha value is -3.15. The van der Waals surface area contributed by atoms with Crippen LogP contribution in [0.25, 0.3) is 0 Å². The number of sulfonamides is 1. The summed E-state index contributed by atoms with van der Waals surface area (Å²) in [4.78, 5) is 24.8. The fraction of sp³-hybridized carbons (Fsp3) is 0.391. The van der Waals surface area contributed by atoms with Gasteiger partial charge >= 0.3 is 5.97 Å². The Morgan fingerprint density at radius 3 is 2.41 bits per heavy atom. The zero-order valence-corrected chi connectivity index (χ0v) is 19.9. The van der Waals surface area contributed by atoms with Crippen LogP contribution in [0, 0.1) is 0 Å². The number of hydrogen-bond donors (Lipinski definition) is 1. The Morgan fingerprint density at radius 2 is 1.71 bits per heavy atom. The number of nitrogens with zero attached hydrogens (tertiary/aromatic N) is 1. The van der Waals surface area contributed by atoms with E-state index in [4.69, 9.17) is 18.9 Å². The predicted molar refractivity (Wildman–Crippen MR) is 124 cm³/mol. The van der Waals surface area contributed by atoms with Crippen molar-refractivity contribution >= 4 is 27.6 Å². The second-order valence-electron chi connectivity index (χ2n) is 7.20. The first-order valence-electron chi connectivity index (χ1n) is 10.9. The third kappa shape index (κ3) is 6.46. The Bertz CT molecular complexity index is 1110. The molecule has 2 aromatic carbocycles. The monoisotopic (exact) mass is 492 g/mol. The van der Waals surface area contributed by atoms with Gasteiger partial charge in [0, 0.05) is 18.8 Å². The molecule has 1 N–H and O–H groups in total. The molecule has 1 aliphatic heterocycles.